The minimum Gasteiger partial charge on any atom is -0.497 e. The van der Waals surface area contributed by atoms with Crippen LogP contribution < -0.4 is 14.8 Å². The van der Waals surface area contributed by atoms with Crippen LogP contribution in [-0.2, 0) is 17.8 Å². The fourth-order valence-electron chi connectivity index (χ4n) is 5.07. The predicted molar refractivity (Wildman–Crippen MR) is 135 cm³/mol. The largest absolute Gasteiger partial charge is 0.497 e. The highest BCUT2D eigenvalue weighted by atomic mass is 16.5. The van der Waals surface area contributed by atoms with Gasteiger partial charge in [0.2, 0.25) is 0 Å². The molecule has 0 saturated carbocycles. The van der Waals surface area contributed by atoms with Crippen molar-refractivity contribution < 1.29 is 19.1 Å². The zero-order valence-corrected chi connectivity index (χ0v) is 20.1. The summed E-state index contributed by atoms with van der Waals surface area (Å²) in [7, 11) is 1.59. The summed E-state index contributed by atoms with van der Waals surface area (Å²) >= 11 is 0. The first-order valence-corrected chi connectivity index (χ1v) is 12.2. The third-order valence-corrected chi connectivity index (χ3v) is 6.92. The molecule has 2 aliphatic rings. The van der Waals surface area contributed by atoms with E-state index in [1.807, 2.05) is 36.1 Å². The maximum absolute atomic E-state index is 13.6. The number of aryl methyl sites for hydroxylation is 1. The topological polar surface area (TPSA) is 67.9 Å². The number of fused-ring (bicyclic) bond motifs is 2. The van der Waals surface area contributed by atoms with Crippen molar-refractivity contribution >= 4 is 17.5 Å². The molecule has 0 saturated heterocycles. The Hall–Kier alpha value is -3.80. The molecular weight excluding hydrogens is 440 g/mol. The van der Waals surface area contributed by atoms with Gasteiger partial charge in [-0.1, -0.05) is 31.2 Å². The van der Waals surface area contributed by atoms with Crippen LogP contribution >= 0.6 is 0 Å². The SMILES string of the molecule is CC[C@H]1Oc2ccc(NC(=O)c3ccc(OC)cc3)cc2CN([C@H]2CCCc3ccccc32)C1=O. The number of carbonyl (C=O) groups is 2. The fraction of sp³-hybridized carbons (Fsp3) is 0.310. The van der Waals surface area contributed by atoms with Gasteiger partial charge in [0.05, 0.1) is 19.7 Å². The van der Waals surface area contributed by atoms with Crippen molar-refractivity contribution in [2.24, 2.45) is 0 Å². The lowest BCUT2D eigenvalue weighted by molar-refractivity contribution is -0.141. The Labute approximate surface area is 205 Å². The first kappa shape index (κ1) is 23.0. The molecule has 3 aromatic rings. The minimum atomic E-state index is -0.523. The second-order valence-corrected chi connectivity index (χ2v) is 9.09. The van der Waals surface area contributed by atoms with Crippen molar-refractivity contribution in [3.8, 4) is 11.5 Å². The van der Waals surface area contributed by atoms with Gasteiger partial charge in [0.1, 0.15) is 11.5 Å². The number of nitrogens with zero attached hydrogens (tertiary/aromatic N) is 1. The summed E-state index contributed by atoms with van der Waals surface area (Å²) in [6, 6.07) is 21.0. The standard InChI is InChI=1S/C29H30N2O4/c1-3-26-29(33)31(25-10-6-8-19-7-4-5-9-24(19)25)18-21-17-22(13-16-27(21)35-26)30-28(32)20-11-14-23(34-2)15-12-20/h4-5,7,9,11-17,25-26H,3,6,8,10,18H2,1-2H3,(H,30,32)/t25-,26+/m0/s1. The summed E-state index contributed by atoms with van der Waals surface area (Å²) in [4.78, 5) is 28.4. The van der Waals surface area contributed by atoms with E-state index >= 15 is 0 Å². The summed E-state index contributed by atoms with van der Waals surface area (Å²) in [6.07, 6.45) is 3.10. The first-order valence-electron chi connectivity index (χ1n) is 12.2. The molecule has 1 heterocycles. The van der Waals surface area contributed by atoms with Crippen LogP contribution in [0.25, 0.3) is 0 Å². The number of amides is 2. The fourth-order valence-corrected chi connectivity index (χ4v) is 5.07. The third-order valence-electron chi connectivity index (χ3n) is 6.92. The monoisotopic (exact) mass is 470 g/mol. The molecule has 6 nitrogen and oxygen atoms in total. The van der Waals surface area contributed by atoms with Gasteiger partial charge in [-0.15, -0.1) is 0 Å². The molecule has 0 bridgehead atoms. The van der Waals surface area contributed by atoms with Crippen LogP contribution in [-0.4, -0.2) is 29.9 Å². The van der Waals surface area contributed by atoms with Gasteiger partial charge in [-0.05, 0) is 79.3 Å². The van der Waals surface area contributed by atoms with Gasteiger partial charge in [0.25, 0.3) is 11.8 Å². The first-order chi connectivity index (χ1) is 17.1. The molecule has 35 heavy (non-hydrogen) atoms. The highest BCUT2D eigenvalue weighted by molar-refractivity contribution is 6.04. The molecule has 2 atom stereocenters. The average molecular weight is 471 g/mol. The van der Waals surface area contributed by atoms with Crippen molar-refractivity contribution in [1.29, 1.82) is 0 Å². The zero-order chi connectivity index (χ0) is 24.4. The second kappa shape index (κ2) is 9.82. The third kappa shape index (κ3) is 4.61. The number of methoxy groups -OCH3 is 1. The molecule has 0 unspecified atom stereocenters. The lowest BCUT2D eigenvalue weighted by atomic mass is 9.86. The smallest absolute Gasteiger partial charge is 0.264 e. The van der Waals surface area contributed by atoms with Crippen LogP contribution in [0.1, 0.15) is 59.3 Å². The molecule has 1 aliphatic carbocycles. The maximum atomic E-state index is 13.6. The van der Waals surface area contributed by atoms with E-state index < -0.39 is 6.10 Å². The van der Waals surface area contributed by atoms with E-state index in [0.717, 1.165) is 24.8 Å². The van der Waals surface area contributed by atoms with Crippen LogP contribution in [0.2, 0.25) is 0 Å². The van der Waals surface area contributed by atoms with Crippen LogP contribution in [0.4, 0.5) is 5.69 Å². The second-order valence-electron chi connectivity index (χ2n) is 9.09. The number of carbonyl (C=O) groups excluding carboxylic acids is 2. The van der Waals surface area contributed by atoms with E-state index in [-0.39, 0.29) is 17.9 Å². The molecule has 0 fully saturated rings. The van der Waals surface area contributed by atoms with Crippen LogP contribution in [0.3, 0.4) is 0 Å². The van der Waals surface area contributed by atoms with Gasteiger partial charge in [-0.2, -0.15) is 0 Å². The van der Waals surface area contributed by atoms with Gasteiger partial charge < -0.3 is 19.7 Å². The lowest BCUT2D eigenvalue weighted by Crippen LogP contribution is -2.42. The molecule has 2 amide bonds. The van der Waals surface area contributed by atoms with Crippen LogP contribution in [0.5, 0.6) is 11.5 Å². The van der Waals surface area contributed by atoms with E-state index in [1.54, 1.807) is 31.4 Å². The quantitative estimate of drug-likeness (QED) is 0.533. The van der Waals surface area contributed by atoms with Gasteiger partial charge in [0.15, 0.2) is 6.10 Å². The number of ether oxygens (including phenoxy) is 2. The van der Waals surface area contributed by atoms with Crippen molar-refractivity contribution in [3.63, 3.8) is 0 Å². The van der Waals surface area contributed by atoms with E-state index in [2.05, 4.69) is 23.5 Å². The van der Waals surface area contributed by atoms with Gasteiger partial charge in [-0.3, -0.25) is 9.59 Å². The summed E-state index contributed by atoms with van der Waals surface area (Å²) in [6.45, 7) is 2.42. The van der Waals surface area contributed by atoms with E-state index in [4.69, 9.17) is 9.47 Å². The molecule has 0 radical (unpaired) electrons. The predicted octanol–water partition coefficient (Wildman–Crippen LogP) is 5.52. The lowest BCUT2D eigenvalue weighted by Gasteiger charge is -2.36. The van der Waals surface area contributed by atoms with E-state index in [9.17, 15) is 9.59 Å². The highest BCUT2D eigenvalue weighted by Crippen LogP contribution is 2.39. The molecular formula is C29H30N2O4. The van der Waals surface area contributed by atoms with Gasteiger partial charge in [0, 0.05) is 16.8 Å². The molecule has 3 aromatic carbocycles. The van der Waals surface area contributed by atoms with Crippen molar-refractivity contribution in [3.05, 3.63) is 89.0 Å². The number of benzene rings is 3. The Morgan fingerprint density at radius 3 is 2.66 bits per heavy atom. The Kier molecular flexibility index (Phi) is 6.45. The van der Waals surface area contributed by atoms with Crippen molar-refractivity contribution in [1.82, 2.24) is 4.90 Å². The molecule has 180 valence electrons. The molecule has 1 N–H and O–H groups in total. The molecule has 1 aliphatic heterocycles. The average Bonchev–Trinajstić information content (AvgIpc) is 3.04. The minimum absolute atomic E-state index is 0.0218. The Morgan fingerprint density at radius 1 is 1.09 bits per heavy atom. The number of hydrogen-bond donors (Lipinski definition) is 1. The molecule has 6 heteroatoms. The number of rotatable bonds is 5. The van der Waals surface area contributed by atoms with Gasteiger partial charge >= 0.3 is 0 Å². The Balaban J connectivity index is 1.43. The van der Waals surface area contributed by atoms with E-state index in [0.29, 0.717) is 35.7 Å². The summed E-state index contributed by atoms with van der Waals surface area (Å²) in [5.41, 5.74) is 4.65. The highest BCUT2D eigenvalue weighted by Gasteiger charge is 2.36. The van der Waals surface area contributed by atoms with Crippen molar-refractivity contribution in [2.45, 2.75) is 51.3 Å². The summed E-state index contributed by atoms with van der Waals surface area (Å²) < 4.78 is 11.4. The van der Waals surface area contributed by atoms with Crippen molar-refractivity contribution in [2.75, 3.05) is 12.4 Å². The molecule has 5 rings (SSSR count). The van der Waals surface area contributed by atoms with Crippen LogP contribution in [0, 0.1) is 0 Å². The number of hydrogen-bond acceptors (Lipinski definition) is 4. The Bertz CT molecular complexity index is 1240. The van der Waals surface area contributed by atoms with Gasteiger partial charge in [-0.25, -0.2) is 0 Å². The number of anilines is 1. The zero-order valence-electron chi connectivity index (χ0n) is 20.1. The normalized spacial score (nSPS) is 19.1. The molecule has 0 spiro atoms. The van der Waals surface area contributed by atoms with Crippen LogP contribution in [0.15, 0.2) is 66.7 Å². The summed E-state index contributed by atoms with van der Waals surface area (Å²) in [5, 5.41) is 2.97. The molecule has 0 aromatic heterocycles. The van der Waals surface area contributed by atoms with E-state index in [1.165, 1.54) is 11.1 Å². The Morgan fingerprint density at radius 2 is 1.89 bits per heavy atom. The number of nitrogens with one attached hydrogen (secondary N) is 1. The maximum Gasteiger partial charge on any atom is 0.264 e. The summed E-state index contributed by atoms with van der Waals surface area (Å²) in [5.74, 6) is 1.21.